The van der Waals surface area contributed by atoms with Gasteiger partial charge in [0.05, 0.1) is 0 Å². The Morgan fingerprint density at radius 1 is 1.16 bits per heavy atom. The smallest absolute Gasteiger partial charge is 0.221 e. The van der Waals surface area contributed by atoms with Crippen LogP contribution in [0.15, 0.2) is 35.2 Å². The van der Waals surface area contributed by atoms with Gasteiger partial charge in [-0.05, 0) is 49.7 Å². The lowest BCUT2D eigenvalue weighted by atomic mass is 10.1. The minimum Gasteiger partial charge on any atom is -0.353 e. The Balaban J connectivity index is 1.39. The molecule has 19 heavy (non-hydrogen) atoms. The average molecular weight is 275 g/mol. The molecule has 0 spiro atoms. The van der Waals surface area contributed by atoms with Crippen molar-refractivity contribution in [3.05, 3.63) is 30.3 Å². The van der Waals surface area contributed by atoms with Gasteiger partial charge in [0.15, 0.2) is 0 Å². The monoisotopic (exact) mass is 275 g/mol. The van der Waals surface area contributed by atoms with Crippen molar-refractivity contribution in [2.45, 2.75) is 43.0 Å². The normalized spacial score (nSPS) is 18.6. The highest BCUT2D eigenvalue weighted by Crippen LogP contribution is 2.44. The number of thioether (sulfide) groups is 1. The zero-order chi connectivity index (χ0) is 13.1. The van der Waals surface area contributed by atoms with Gasteiger partial charge in [0.1, 0.15) is 0 Å². The quantitative estimate of drug-likeness (QED) is 0.772. The van der Waals surface area contributed by atoms with Crippen LogP contribution in [0.5, 0.6) is 0 Å². The Morgan fingerprint density at radius 2 is 1.79 bits per heavy atom. The number of amides is 1. The minimum atomic E-state index is 0.243. The number of carbonyl (C=O) groups excluding carboxylic acids is 1. The highest BCUT2D eigenvalue weighted by Gasteiger charge is 2.41. The first-order valence-electron chi connectivity index (χ1n) is 7.30. The van der Waals surface area contributed by atoms with Crippen LogP contribution in [0.1, 0.15) is 32.1 Å². The van der Waals surface area contributed by atoms with Crippen LogP contribution in [0.3, 0.4) is 0 Å². The fourth-order valence-corrected chi connectivity index (χ4v) is 3.44. The number of hydrogen-bond donors (Lipinski definition) is 1. The summed E-state index contributed by atoms with van der Waals surface area (Å²) in [7, 11) is 0. The molecule has 0 saturated heterocycles. The van der Waals surface area contributed by atoms with Crippen molar-refractivity contribution in [2.75, 3.05) is 5.75 Å². The summed E-state index contributed by atoms with van der Waals surface area (Å²) in [6.07, 6.45) is 5.91. The summed E-state index contributed by atoms with van der Waals surface area (Å²) in [5.41, 5.74) is 0. The molecule has 0 unspecified atom stereocenters. The molecule has 2 nitrogen and oxygen atoms in total. The molecule has 2 saturated carbocycles. The number of benzene rings is 1. The van der Waals surface area contributed by atoms with Gasteiger partial charge in [-0.3, -0.25) is 4.79 Å². The number of carbonyl (C=O) groups is 1. The molecular formula is C16H21NOS. The van der Waals surface area contributed by atoms with Gasteiger partial charge in [-0.1, -0.05) is 18.2 Å². The fourth-order valence-electron chi connectivity index (χ4n) is 2.57. The molecule has 0 heterocycles. The molecule has 1 amide bonds. The molecule has 0 atom stereocenters. The lowest BCUT2D eigenvalue weighted by Crippen LogP contribution is -2.38. The zero-order valence-corrected chi connectivity index (χ0v) is 12.0. The third kappa shape index (κ3) is 4.00. The van der Waals surface area contributed by atoms with Crippen LogP contribution in [0.25, 0.3) is 0 Å². The minimum absolute atomic E-state index is 0.243. The maximum absolute atomic E-state index is 12.0. The largest absolute Gasteiger partial charge is 0.353 e. The molecule has 2 aliphatic rings. The van der Waals surface area contributed by atoms with Crippen molar-refractivity contribution >= 4 is 17.7 Å². The summed E-state index contributed by atoms with van der Waals surface area (Å²) in [6.45, 7) is 0. The van der Waals surface area contributed by atoms with Crippen molar-refractivity contribution in [3.8, 4) is 0 Å². The van der Waals surface area contributed by atoms with Crippen LogP contribution in [-0.4, -0.2) is 17.7 Å². The van der Waals surface area contributed by atoms with E-state index in [0.717, 1.165) is 17.6 Å². The van der Waals surface area contributed by atoms with Crippen LogP contribution in [0.4, 0.5) is 0 Å². The van der Waals surface area contributed by atoms with E-state index in [4.69, 9.17) is 0 Å². The van der Waals surface area contributed by atoms with Crippen LogP contribution in [0, 0.1) is 11.8 Å². The molecule has 0 radical (unpaired) electrons. The molecule has 3 rings (SSSR count). The molecule has 1 aromatic rings. The van der Waals surface area contributed by atoms with Crippen molar-refractivity contribution in [1.29, 1.82) is 0 Å². The molecular weight excluding hydrogens is 254 g/mol. The van der Waals surface area contributed by atoms with Crippen LogP contribution >= 0.6 is 11.8 Å². The standard InChI is InChI=1S/C16H21NOS/c18-15(10-11-19-14-4-2-1-3-5-14)17-16(12-6-7-12)13-8-9-13/h1-5,12-13,16H,6-11H2,(H,17,18). The molecule has 1 N–H and O–H groups in total. The number of hydrogen-bond acceptors (Lipinski definition) is 2. The van der Waals surface area contributed by atoms with Gasteiger partial charge in [-0.25, -0.2) is 0 Å². The molecule has 102 valence electrons. The van der Waals surface area contributed by atoms with E-state index in [2.05, 4.69) is 17.4 Å². The van der Waals surface area contributed by atoms with E-state index >= 15 is 0 Å². The average Bonchev–Trinajstić information content (AvgIpc) is 3.30. The SMILES string of the molecule is O=C(CCSc1ccccc1)NC(C1CC1)C1CC1. The predicted molar refractivity (Wildman–Crippen MR) is 79.2 cm³/mol. The van der Waals surface area contributed by atoms with Gasteiger partial charge in [0, 0.05) is 23.1 Å². The van der Waals surface area contributed by atoms with Gasteiger partial charge in [0.2, 0.25) is 5.91 Å². The Labute approximate surface area is 119 Å². The van der Waals surface area contributed by atoms with Gasteiger partial charge < -0.3 is 5.32 Å². The summed E-state index contributed by atoms with van der Waals surface area (Å²) in [5.74, 6) is 2.70. The predicted octanol–water partition coefficient (Wildman–Crippen LogP) is 3.47. The second-order valence-corrected chi connectivity index (χ2v) is 6.85. The van der Waals surface area contributed by atoms with Crippen molar-refractivity contribution in [1.82, 2.24) is 5.32 Å². The summed E-state index contributed by atoms with van der Waals surface area (Å²) in [6, 6.07) is 10.8. The summed E-state index contributed by atoms with van der Waals surface area (Å²) in [4.78, 5) is 13.2. The van der Waals surface area contributed by atoms with Gasteiger partial charge in [-0.2, -0.15) is 0 Å². The Morgan fingerprint density at radius 3 is 2.37 bits per heavy atom. The molecule has 0 aliphatic heterocycles. The van der Waals surface area contributed by atoms with E-state index < -0.39 is 0 Å². The molecule has 1 aromatic carbocycles. The summed E-state index contributed by atoms with van der Waals surface area (Å²) in [5, 5.41) is 3.27. The van der Waals surface area contributed by atoms with E-state index in [1.165, 1.54) is 30.6 Å². The number of rotatable bonds is 7. The highest BCUT2D eigenvalue weighted by molar-refractivity contribution is 7.99. The van der Waals surface area contributed by atoms with E-state index in [-0.39, 0.29) is 5.91 Å². The molecule has 0 bridgehead atoms. The topological polar surface area (TPSA) is 29.1 Å². The molecule has 3 heteroatoms. The molecule has 0 aromatic heterocycles. The number of nitrogens with one attached hydrogen (secondary N) is 1. The third-order valence-electron chi connectivity index (χ3n) is 3.93. The second kappa shape index (κ2) is 6.00. The van der Waals surface area contributed by atoms with Crippen LogP contribution in [-0.2, 0) is 4.79 Å². The first-order chi connectivity index (χ1) is 9.33. The van der Waals surface area contributed by atoms with E-state index in [1.54, 1.807) is 11.8 Å². The maximum Gasteiger partial charge on any atom is 0.221 e. The van der Waals surface area contributed by atoms with E-state index in [0.29, 0.717) is 12.5 Å². The second-order valence-electron chi connectivity index (χ2n) is 5.68. The van der Waals surface area contributed by atoms with Crippen molar-refractivity contribution < 1.29 is 4.79 Å². The Kier molecular flexibility index (Phi) is 4.12. The fraction of sp³-hybridized carbons (Fsp3) is 0.562. The lowest BCUT2D eigenvalue weighted by molar-refractivity contribution is -0.121. The van der Waals surface area contributed by atoms with Gasteiger partial charge in [-0.15, -0.1) is 11.8 Å². The third-order valence-corrected chi connectivity index (χ3v) is 4.94. The van der Waals surface area contributed by atoms with Crippen LogP contribution < -0.4 is 5.32 Å². The van der Waals surface area contributed by atoms with Gasteiger partial charge in [0.25, 0.3) is 0 Å². The Hall–Kier alpha value is -0.960. The van der Waals surface area contributed by atoms with Gasteiger partial charge >= 0.3 is 0 Å². The highest BCUT2D eigenvalue weighted by atomic mass is 32.2. The van der Waals surface area contributed by atoms with E-state index in [1.807, 2.05) is 18.2 Å². The first kappa shape index (κ1) is 13.0. The van der Waals surface area contributed by atoms with Crippen LogP contribution in [0.2, 0.25) is 0 Å². The lowest BCUT2D eigenvalue weighted by Gasteiger charge is -2.17. The van der Waals surface area contributed by atoms with Crippen molar-refractivity contribution in [3.63, 3.8) is 0 Å². The Bertz CT molecular complexity index is 414. The summed E-state index contributed by atoms with van der Waals surface area (Å²) < 4.78 is 0. The first-order valence-corrected chi connectivity index (χ1v) is 8.29. The maximum atomic E-state index is 12.0. The molecule has 2 fully saturated rings. The van der Waals surface area contributed by atoms with Crippen molar-refractivity contribution in [2.24, 2.45) is 11.8 Å². The zero-order valence-electron chi connectivity index (χ0n) is 11.2. The van der Waals surface area contributed by atoms with E-state index in [9.17, 15) is 4.79 Å². The summed E-state index contributed by atoms with van der Waals surface area (Å²) >= 11 is 1.76. The molecule has 2 aliphatic carbocycles.